The standard InChI is InChI=1S/C18H19IN2O5/c1-24-16-8-12(2-7-15(16)26-10-17(20)22)9-21-18(23)11-25-14-5-3-13(19)4-6-14/h2-8H,9-11H2,1H3,(H2,20,22)(H,21,23). The Hall–Kier alpha value is -2.49. The van der Waals surface area contributed by atoms with Crippen LogP contribution in [0.25, 0.3) is 0 Å². The number of nitrogens with two attached hydrogens (primary N) is 1. The van der Waals surface area contributed by atoms with Gasteiger partial charge in [-0.1, -0.05) is 6.07 Å². The molecule has 0 fully saturated rings. The van der Waals surface area contributed by atoms with Crippen LogP contribution in [0, 0.1) is 3.57 Å². The highest BCUT2D eigenvalue weighted by Crippen LogP contribution is 2.28. The minimum Gasteiger partial charge on any atom is -0.493 e. The minimum atomic E-state index is -0.573. The van der Waals surface area contributed by atoms with E-state index in [1.54, 1.807) is 18.2 Å². The largest absolute Gasteiger partial charge is 0.493 e. The van der Waals surface area contributed by atoms with Crippen LogP contribution in [0.1, 0.15) is 5.56 Å². The third-order valence-electron chi connectivity index (χ3n) is 3.27. The molecule has 2 rings (SSSR count). The fourth-order valence-corrected chi connectivity index (χ4v) is 2.38. The average molecular weight is 470 g/mol. The van der Waals surface area contributed by atoms with Crippen molar-refractivity contribution in [1.29, 1.82) is 0 Å². The van der Waals surface area contributed by atoms with Crippen LogP contribution >= 0.6 is 22.6 Å². The predicted octanol–water partition coefficient (Wildman–Crippen LogP) is 1.86. The number of ether oxygens (including phenoxy) is 3. The van der Waals surface area contributed by atoms with Gasteiger partial charge in [0.25, 0.3) is 11.8 Å². The van der Waals surface area contributed by atoms with Gasteiger partial charge in [0.2, 0.25) is 0 Å². The van der Waals surface area contributed by atoms with Crippen LogP contribution in [0.15, 0.2) is 42.5 Å². The Bertz CT molecular complexity index is 765. The van der Waals surface area contributed by atoms with Gasteiger partial charge in [0.15, 0.2) is 24.7 Å². The van der Waals surface area contributed by atoms with Crippen molar-refractivity contribution in [3.8, 4) is 17.2 Å². The lowest BCUT2D eigenvalue weighted by atomic mass is 10.2. The molecule has 2 aromatic carbocycles. The van der Waals surface area contributed by atoms with Crippen LogP contribution in [-0.4, -0.2) is 32.1 Å². The molecule has 0 atom stereocenters. The number of nitrogens with one attached hydrogen (secondary N) is 1. The molecule has 0 spiro atoms. The van der Waals surface area contributed by atoms with Crippen LogP contribution in [0.5, 0.6) is 17.2 Å². The summed E-state index contributed by atoms with van der Waals surface area (Å²) in [5.74, 6) is 0.683. The van der Waals surface area contributed by atoms with Gasteiger partial charge in [0.1, 0.15) is 5.75 Å². The molecule has 0 saturated carbocycles. The first-order chi connectivity index (χ1) is 12.5. The Labute approximate surface area is 164 Å². The summed E-state index contributed by atoms with van der Waals surface area (Å²) in [6, 6.07) is 12.6. The summed E-state index contributed by atoms with van der Waals surface area (Å²) >= 11 is 2.20. The van der Waals surface area contributed by atoms with Crippen LogP contribution < -0.4 is 25.3 Å². The zero-order valence-corrected chi connectivity index (χ0v) is 16.3. The van der Waals surface area contributed by atoms with Crippen molar-refractivity contribution < 1.29 is 23.8 Å². The topological polar surface area (TPSA) is 99.9 Å². The van der Waals surface area contributed by atoms with Gasteiger partial charge in [-0.15, -0.1) is 0 Å². The molecule has 8 heteroatoms. The number of benzene rings is 2. The number of primary amides is 1. The summed E-state index contributed by atoms with van der Waals surface area (Å²) in [5.41, 5.74) is 5.87. The molecular formula is C18H19IN2O5. The third-order valence-corrected chi connectivity index (χ3v) is 3.99. The number of hydrogen-bond donors (Lipinski definition) is 2. The van der Waals surface area contributed by atoms with Gasteiger partial charge in [-0.3, -0.25) is 9.59 Å². The molecule has 0 aliphatic heterocycles. The Morgan fingerprint density at radius 1 is 1.04 bits per heavy atom. The van der Waals surface area contributed by atoms with Crippen molar-refractivity contribution in [2.75, 3.05) is 20.3 Å². The number of carbonyl (C=O) groups excluding carboxylic acids is 2. The van der Waals surface area contributed by atoms with E-state index in [0.717, 1.165) is 9.13 Å². The molecule has 0 saturated heterocycles. The molecule has 0 aliphatic rings. The molecule has 7 nitrogen and oxygen atoms in total. The molecule has 2 amide bonds. The molecular weight excluding hydrogens is 451 g/mol. The quantitative estimate of drug-likeness (QED) is 0.546. The molecule has 26 heavy (non-hydrogen) atoms. The van der Waals surface area contributed by atoms with Crippen molar-refractivity contribution in [2.45, 2.75) is 6.54 Å². The van der Waals surface area contributed by atoms with Crippen molar-refractivity contribution in [1.82, 2.24) is 5.32 Å². The third kappa shape index (κ3) is 6.43. The van der Waals surface area contributed by atoms with Gasteiger partial charge in [-0.25, -0.2) is 0 Å². The number of rotatable bonds is 9. The zero-order valence-electron chi connectivity index (χ0n) is 14.2. The first-order valence-electron chi connectivity index (χ1n) is 7.71. The highest BCUT2D eigenvalue weighted by molar-refractivity contribution is 14.1. The maximum Gasteiger partial charge on any atom is 0.258 e. The molecule has 2 aromatic rings. The van der Waals surface area contributed by atoms with Crippen molar-refractivity contribution in [3.63, 3.8) is 0 Å². The van der Waals surface area contributed by atoms with E-state index in [2.05, 4.69) is 27.9 Å². The maximum absolute atomic E-state index is 11.9. The van der Waals surface area contributed by atoms with Gasteiger partial charge < -0.3 is 25.3 Å². The highest BCUT2D eigenvalue weighted by Gasteiger charge is 2.09. The summed E-state index contributed by atoms with van der Waals surface area (Å²) in [6.07, 6.45) is 0. The molecule has 0 aromatic heterocycles. The van der Waals surface area contributed by atoms with Crippen molar-refractivity contribution in [3.05, 3.63) is 51.6 Å². The predicted molar refractivity (Wildman–Crippen MR) is 104 cm³/mol. The van der Waals surface area contributed by atoms with Crippen LogP contribution in [-0.2, 0) is 16.1 Å². The molecule has 0 aliphatic carbocycles. The molecule has 138 valence electrons. The Balaban J connectivity index is 1.84. The van der Waals surface area contributed by atoms with Crippen LogP contribution in [0.4, 0.5) is 0 Å². The Morgan fingerprint density at radius 2 is 1.77 bits per heavy atom. The van der Waals surface area contributed by atoms with E-state index >= 15 is 0 Å². The van der Waals surface area contributed by atoms with Gasteiger partial charge in [-0.05, 0) is 64.6 Å². The summed E-state index contributed by atoms with van der Waals surface area (Å²) in [4.78, 5) is 22.7. The van der Waals surface area contributed by atoms with E-state index in [1.807, 2.05) is 24.3 Å². The van der Waals surface area contributed by atoms with E-state index in [-0.39, 0.29) is 19.1 Å². The van der Waals surface area contributed by atoms with Crippen LogP contribution in [0.3, 0.4) is 0 Å². The van der Waals surface area contributed by atoms with E-state index in [9.17, 15) is 9.59 Å². The average Bonchev–Trinajstić information content (AvgIpc) is 2.64. The Morgan fingerprint density at radius 3 is 2.42 bits per heavy atom. The first-order valence-corrected chi connectivity index (χ1v) is 8.79. The number of halogens is 1. The second-order valence-corrected chi connectivity index (χ2v) is 6.51. The van der Waals surface area contributed by atoms with Crippen molar-refractivity contribution in [2.24, 2.45) is 5.73 Å². The lowest BCUT2D eigenvalue weighted by Crippen LogP contribution is -2.28. The lowest BCUT2D eigenvalue weighted by molar-refractivity contribution is -0.123. The monoisotopic (exact) mass is 470 g/mol. The maximum atomic E-state index is 11.9. The van der Waals surface area contributed by atoms with E-state index < -0.39 is 5.91 Å². The number of methoxy groups -OCH3 is 1. The normalized spacial score (nSPS) is 10.1. The second kappa shape index (κ2) is 9.85. The van der Waals surface area contributed by atoms with Gasteiger partial charge >= 0.3 is 0 Å². The van der Waals surface area contributed by atoms with Gasteiger partial charge in [-0.2, -0.15) is 0 Å². The summed E-state index contributed by atoms with van der Waals surface area (Å²) in [5, 5.41) is 2.77. The number of amides is 2. The number of hydrogen-bond acceptors (Lipinski definition) is 5. The Kier molecular flexibility index (Phi) is 7.52. The van der Waals surface area contributed by atoms with E-state index in [4.69, 9.17) is 19.9 Å². The smallest absolute Gasteiger partial charge is 0.258 e. The fourth-order valence-electron chi connectivity index (χ4n) is 2.02. The van der Waals surface area contributed by atoms with Crippen molar-refractivity contribution >= 4 is 34.4 Å². The summed E-state index contributed by atoms with van der Waals surface area (Å²) in [6.45, 7) is 0.00118. The van der Waals surface area contributed by atoms with Crippen LogP contribution in [0.2, 0.25) is 0 Å². The highest BCUT2D eigenvalue weighted by atomic mass is 127. The fraction of sp³-hybridized carbons (Fsp3) is 0.222. The van der Waals surface area contributed by atoms with Gasteiger partial charge in [0, 0.05) is 10.1 Å². The summed E-state index contributed by atoms with van der Waals surface area (Å²) in [7, 11) is 1.49. The molecule has 0 unspecified atom stereocenters. The van der Waals surface area contributed by atoms with E-state index in [1.165, 1.54) is 7.11 Å². The molecule has 0 bridgehead atoms. The SMILES string of the molecule is COc1cc(CNC(=O)COc2ccc(I)cc2)ccc1OCC(N)=O. The zero-order chi connectivity index (χ0) is 18.9. The molecule has 0 heterocycles. The lowest BCUT2D eigenvalue weighted by Gasteiger charge is -2.12. The molecule has 3 N–H and O–H groups in total. The van der Waals surface area contributed by atoms with Gasteiger partial charge in [0.05, 0.1) is 7.11 Å². The second-order valence-electron chi connectivity index (χ2n) is 5.26. The number of carbonyl (C=O) groups is 2. The molecule has 0 radical (unpaired) electrons. The first kappa shape index (κ1) is 19.8. The summed E-state index contributed by atoms with van der Waals surface area (Å²) < 4.78 is 17.0. The van der Waals surface area contributed by atoms with E-state index in [0.29, 0.717) is 23.8 Å². The minimum absolute atomic E-state index is 0.0719.